The second-order valence-electron chi connectivity index (χ2n) is 5.71. The minimum absolute atomic E-state index is 0.231. The van der Waals surface area contributed by atoms with E-state index >= 15 is 0 Å². The molecule has 3 nitrogen and oxygen atoms in total. The number of rotatable bonds is 3. The Morgan fingerprint density at radius 2 is 1.70 bits per heavy atom. The Morgan fingerprint density at radius 1 is 1.15 bits per heavy atom. The van der Waals surface area contributed by atoms with Crippen molar-refractivity contribution < 1.29 is 0 Å². The zero-order chi connectivity index (χ0) is 15.0. The third-order valence-corrected chi connectivity index (χ3v) is 3.91. The van der Waals surface area contributed by atoms with Gasteiger partial charge in [0.15, 0.2) is 0 Å². The van der Waals surface area contributed by atoms with Crippen LogP contribution in [0.4, 0.5) is 0 Å². The van der Waals surface area contributed by atoms with Crippen molar-refractivity contribution >= 4 is 11.6 Å². The van der Waals surface area contributed by atoms with Gasteiger partial charge in [0.2, 0.25) is 0 Å². The summed E-state index contributed by atoms with van der Waals surface area (Å²) in [6.45, 7) is 10.4. The first-order valence-electron chi connectivity index (χ1n) is 6.89. The number of aromatic nitrogens is 2. The molecule has 0 aliphatic rings. The van der Waals surface area contributed by atoms with Crippen LogP contribution in [-0.2, 0) is 0 Å². The standard InChI is InChI=1S/C16H22ClN3/c1-9(2)20-16(13(17)8-19-20)15(18)14-11(4)6-10(3)7-12(14)5/h6-9,15H,18H2,1-5H3. The van der Waals surface area contributed by atoms with Crippen LogP contribution in [0.1, 0.15) is 53.9 Å². The number of halogens is 1. The summed E-state index contributed by atoms with van der Waals surface area (Å²) >= 11 is 6.31. The SMILES string of the molecule is Cc1cc(C)c(C(N)c2c(Cl)cnn2C(C)C)c(C)c1. The Kier molecular flexibility index (Phi) is 4.21. The van der Waals surface area contributed by atoms with Gasteiger partial charge < -0.3 is 5.73 Å². The first-order chi connectivity index (χ1) is 9.32. The van der Waals surface area contributed by atoms with Crippen molar-refractivity contribution in [3.63, 3.8) is 0 Å². The number of nitrogens with two attached hydrogens (primary N) is 1. The predicted octanol–water partition coefficient (Wildman–Crippen LogP) is 4.09. The fourth-order valence-corrected chi connectivity index (χ4v) is 3.12. The summed E-state index contributed by atoms with van der Waals surface area (Å²) in [7, 11) is 0. The Bertz CT molecular complexity index is 606. The average Bonchev–Trinajstić information content (AvgIpc) is 2.69. The fourth-order valence-electron chi connectivity index (χ4n) is 2.87. The summed E-state index contributed by atoms with van der Waals surface area (Å²) in [5.74, 6) is 0. The maximum Gasteiger partial charge on any atom is 0.0837 e. The van der Waals surface area contributed by atoms with E-state index in [4.69, 9.17) is 17.3 Å². The monoisotopic (exact) mass is 291 g/mol. The molecule has 0 saturated heterocycles. The van der Waals surface area contributed by atoms with Crippen molar-refractivity contribution in [2.75, 3.05) is 0 Å². The maximum atomic E-state index is 6.51. The summed E-state index contributed by atoms with van der Waals surface area (Å²) in [5.41, 5.74) is 12.2. The van der Waals surface area contributed by atoms with Gasteiger partial charge in [-0.15, -0.1) is 0 Å². The predicted molar refractivity (Wildman–Crippen MR) is 84.3 cm³/mol. The molecule has 2 N–H and O–H groups in total. The van der Waals surface area contributed by atoms with Gasteiger partial charge >= 0.3 is 0 Å². The number of aryl methyl sites for hydroxylation is 3. The molecule has 20 heavy (non-hydrogen) atoms. The third-order valence-electron chi connectivity index (χ3n) is 3.62. The first kappa shape index (κ1) is 15.1. The van der Waals surface area contributed by atoms with Gasteiger partial charge in [0.05, 0.1) is 23.0 Å². The lowest BCUT2D eigenvalue weighted by molar-refractivity contribution is 0.498. The summed E-state index contributed by atoms with van der Waals surface area (Å²) in [6, 6.07) is 4.29. The van der Waals surface area contributed by atoms with Gasteiger partial charge in [-0.1, -0.05) is 29.3 Å². The maximum absolute atomic E-state index is 6.51. The summed E-state index contributed by atoms with van der Waals surface area (Å²) < 4.78 is 1.91. The van der Waals surface area contributed by atoms with E-state index in [9.17, 15) is 0 Å². The fraction of sp³-hybridized carbons (Fsp3) is 0.438. The van der Waals surface area contributed by atoms with Gasteiger partial charge in [0.25, 0.3) is 0 Å². The molecule has 108 valence electrons. The summed E-state index contributed by atoms with van der Waals surface area (Å²) in [6.07, 6.45) is 1.68. The molecule has 0 radical (unpaired) electrons. The Hall–Kier alpha value is -1.32. The second kappa shape index (κ2) is 5.58. The zero-order valence-corrected chi connectivity index (χ0v) is 13.5. The van der Waals surface area contributed by atoms with E-state index in [1.807, 2.05) is 4.68 Å². The average molecular weight is 292 g/mol. The van der Waals surface area contributed by atoms with Crippen LogP contribution in [0, 0.1) is 20.8 Å². The van der Waals surface area contributed by atoms with Crippen molar-refractivity contribution in [2.24, 2.45) is 5.73 Å². The zero-order valence-electron chi connectivity index (χ0n) is 12.7. The Morgan fingerprint density at radius 3 is 2.20 bits per heavy atom. The van der Waals surface area contributed by atoms with Crippen LogP contribution in [0.15, 0.2) is 18.3 Å². The molecule has 1 aromatic heterocycles. The normalized spacial score (nSPS) is 13.0. The summed E-state index contributed by atoms with van der Waals surface area (Å²) in [4.78, 5) is 0. The van der Waals surface area contributed by atoms with Gasteiger partial charge in [-0.2, -0.15) is 5.10 Å². The molecule has 1 heterocycles. The van der Waals surface area contributed by atoms with Crippen LogP contribution in [0.25, 0.3) is 0 Å². The molecule has 0 bridgehead atoms. The van der Waals surface area contributed by atoms with E-state index in [0.29, 0.717) is 5.02 Å². The number of benzene rings is 1. The molecule has 0 amide bonds. The molecule has 2 aromatic rings. The van der Waals surface area contributed by atoms with Crippen LogP contribution in [0.5, 0.6) is 0 Å². The number of hydrogen-bond acceptors (Lipinski definition) is 2. The minimum atomic E-state index is -0.256. The molecule has 4 heteroatoms. The highest BCUT2D eigenvalue weighted by Gasteiger charge is 2.22. The van der Waals surface area contributed by atoms with E-state index in [-0.39, 0.29) is 12.1 Å². The van der Waals surface area contributed by atoms with Crippen LogP contribution in [0.2, 0.25) is 5.02 Å². The smallest absolute Gasteiger partial charge is 0.0837 e. The second-order valence-corrected chi connectivity index (χ2v) is 6.11. The third kappa shape index (κ3) is 2.60. The summed E-state index contributed by atoms with van der Waals surface area (Å²) in [5, 5.41) is 4.97. The Labute approximate surface area is 125 Å². The van der Waals surface area contributed by atoms with Gasteiger partial charge in [0, 0.05) is 6.04 Å². The lowest BCUT2D eigenvalue weighted by atomic mass is 9.92. The highest BCUT2D eigenvalue weighted by Crippen LogP contribution is 2.32. The van der Waals surface area contributed by atoms with Crippen molar-refractivity contribution in [3.8, 4) is 0 Å². The van der Waals surface area contributed by atoms with Crippen LogP contribution < -0.4 is 5.73 Å². The quantitative estimate of drug-likeness (QED) is 0.925. The van der Waals surface area contributed by atoms with Crippen LogP contribution in [-0.4, -0.2) is 9.78 Å². The minimum Gasteiger partial charge on any atom is -0.319 e. The number of hydrogen-bond donors (Lipinski definition) is 1. The van der Waals surface area contributed by atoms with Gasteiger partial charge in [-0.25, -0.2) is 0 Å². The molecule has 0 aliphatic heterocycles. The molecule has 0 aliphatic carbocycles. The Balaban J connectivity index is 2.58. The highest BCUT2D eigenvalue weighted by molar-refractivity contribution is 6.31. The van der Waals surface area contributed by atoms with Crippen molar-refractivity contribution in [2.45, 2.75) is 46.7 Å². The van der Waals surface area contributed by atoms with E-state index in [1.165, 1.54) is 16.7 Å². The van der Waals surface area contributed by atoms with Crippen molar-refractivity contribution in [1.29, 1.82) is 0 Å². The van der Waals surface area contributed by atoms with E-state index in [2.05, 4.69) is 51.9 Å². The lowest BCUT2D eigenvalue weighted by Gasteiger charge is -2.21. The first-order valence-corrected chi connectivity index (χ1v) is 7.27. The molecular weight excluding hydrogens is 270 g/mol. The molecule has 2 rings (SSSR count). The van der Waals surface area contributed by atoms with Crippen LogP contribution >= 0.6 is 11.6 Å². The number of nitrogens with zero attached hydrogens (tertiary/aromatic N) is 2. The molecule has 1 unspecified atom stereocenters. The molecule has 0 saturated carbocycles. The highest BCUT2D eigenvalue weighted by atomic mass is 35.5. The van der Waals surface area contributed by atoms with Crippen LogP contribution in [0.3, 0.4) is 0 Å². The molecular formula is C16H22ClN3. The van der Waals surface area contributed by atoms with E-state index in [1.54, 1.807) is 6.20 Å². The van der Waals surface area contributed by atoms with Gasteiger partial charge in [0.1, 0.15) is 0 Å². The largest absolute Gasteiger partial charge is 0.319 e. The van der Waals surface area contributed by atoms with Gasteiger partial charge in [-0.05, 0) is 51.3 Å². The lowest BCUT2D eigenvalue weighted by Crippen LogP contribution is -2.21. The molecule has 1 aromatic carbocycles. The molecule has 0 spiro atoms. The topological polar surface area (TPSA) is 43.8 Å². The van der Waals surface area contributed by atoms with Crippen molar-refractivity contribution in [1.82, 2.24) is 9.78 Å². The van der Waals surface area contributed by atoms with Crippen molar-refractivity contribution in [3.05, 3.63) is 51.3 Å². The van der Waals surface area contributed by atoms with E-state index in [0.717, 1.165) is 11.3 Å². The van der Waals surface area contributed by atoms with Gasteiger partial charge in [-0.3, -0.25) is 4.68 Å². The van der Waals surface area contributed by atoms with E-state index < -0.39 is 0 Å². The molecule has 0 fully saturated rings. The molecule has 1 atom stereocenters.